The van der Waals surface area contributed by atoms with Gasteiger partial charge in [-0.1, -0.05) is 6.07 Å². The molecule has 0 heterocycles. The number of hydrogen-bond acceptors (Lipinski definition) is 3. The van der Waals surface area contributed by atoms with Gasteiger partial charge < -0.3 is 4.74 Å². The smallest absolute Gasteiger partial charge is 0.236 e. The molecule has 0 saturated carbocycles. The molecule has 18 heavy (non-hydrogen) atoms. The van der Waals surface area contributed by atoms with Crippen LogP contribution < -0.4 is 10.6 Å². The normalized spacial score (nSPS) is 10.3. The van der Waals surface area contributed by atoms with Gasteiger partial charge in [-0.3, -0.25) is 9.80 Å². The maximum atomic E-state index is 11.4. The quantitative estimate of drug-likeness (QED) is 0.494. The van der Waals surface area contributed by atoms with Gasteiger partial charge in [-0.25, -0.2) is 5.84 Å². The highest BCUT2D eigenvalue weighted by Crippen LogP contribution is 2.24. The van der Waals surface area contributed by atoms with Gasteiger partial charge in [0.05, 0.1) is 7.11 Å². The Balaban J connectivity index is 2.64. The zero-order chi connectivity index (χ0) is 13.7. The third-order valence-electron chi connectivity index (χ3n) is 3.30. The number of rotatable bonds is 5. The number of amides is 1. The Morgan fingerprint density at radius 1 is 1.33 bits per heavy atom. The van der Waals surface area contributed by atoms with Crippen molar-refractivity contribution in [1.82, 2.24) is 5.01 Å². The number of ether oxygens (including phenoxy) is 1. The van der Waals surface area contributed by atoms with E-state index in [1.807, 2.05) is 6.07 Å². The Hall–Kier alpha value is -1.55. The molecule has 1 amide bonds. The van der Waals surface area contributed by atoms with Crippen LogP contribution in [-0.2, 0) is 11.2 Å². The fourth-order valence-corrected chi connectivity index (χ4v) is 1.95. The molecule has 0 aromatic heterocycles. The van der Waals surface area contributed by atoms with Crippen LogP contribution in [0.25, 0.3) is 0 Å². The summed E-state index contributed by atoms with van der Waals surface area (Å²) in [6.07, 6.45) is 2.18. The van der Waals surface area contributed by atoms with Gasteiger partial charge in [0.1, 0.15) is 5.75 Å². The highest BCUT2D eigenvalue weighted by Gasteiger charge is 2.08. The summed E-state index contributed by atoms with van der Waals surface area (Å²) in [5.41, 5.74) is 3.67. The molecule has 0 fully saturated rings. The van der Waals surface area contributed by atoms with Crippen molar-refractivity contribution >= 4 is 5.91 Å². The van der Waals surface area contributed by atoms with Gasteiger partial charge in [-0.05, 0) is 49.4 Å². The molecule has 0 aliphatic heterocycles. The summed E-state index contributed by atoms with van der Waals surface area (Å²) in [6, 6.07) is 4.05. The summed E-state index contributed by atoms with van der Waals surface area (Å²) in [6.45, 7) is 4.14. The molecule has 2 N–H and O–H groups in total. The van der Waals surface area contributed by atoms with Crippen molar-refractivity contribution in [3.8, 4) is 5.75 Å². The van der Waals surface area contributed by atoms with Crippen LogP contribution in [-0.4, -0.2) is 25.1 Å². The largest absolute Gasteiger partial charge is 0.496 e. The fourth-order valence-electron chi connectivity index (χ4n) is 1.95. The van der Waals surface area contributed by atoms with Crippen molar-refractivity contribution < 1.29 is 9.53 Å². The second-order valence-corrected chi connectivity index (χ2v) is 4.54. The van der Waals surface area contributed by atoms with E-state index in [0.29, 0.717) is 6.42 Å². The van der Waals surface area contributed by atoms with Crippen LogP contribution in [0, 0.1) is 13.8 Å². The van der Waals surface area contributed by atoms with Gasteiger partial charge >= 0.3 is 0 Å². The number of methoxy groups -OCH3 is 1. The van der Waals surface area contributed by atoms with Crippen molar-refractivity contribution in [3.05, 3.63) is 28.8 Å². The molecule has 1 aromatic carbocycles. The average Bonchev–Trinajstić information content (AvgIpc) is 2.34. The van der Waals surface area contributed by atoms with Crippen molar-refractivity contribution in [2.24, 2.45) is 5.84 Å². The van der Waals surface area contributed by atoms with E-state index in [9.17, 15) is 4.79 Å². The van der Waals surface area contributed by atoms with E-state index in [-0.39, 0.29) is 5.91 Å². The van der Waals surface area contributed by atoms with E-state index in [1.54, 1.807) is 14.2 Å². The van der Waals surface area contributed by atoms with Gasteiger partial charge in [0.2, 0.25) is 5.91 Å². The highest BCUT2D eigenvalue weighted by molar-refractivity contribution is 5.75. The minimum absolute atomic E-state index is 0.0297. The molecule has 0 radical (unpaired) electrons. The number of hydrazine groups is 1. The summed E-state index contributed by atoms with van der Waals surface area (Å²) >= 11 is 0. The van der Waals surface area contributed by atoms with Gasteiger partial charge in [0.25, 0.3) is 0 Å². The SMILES string of the molecule is COc1ccc(CCCC(=O)N(C)N)c(C)c1C. The minimum atomic E-state index is -0.0297. The van der Waals surface area contributed by atoms with Gasteiger partial charge in [-0.2, -0.15) is 0 Å². The summed E-state index contributed by atoms with van der Waals surface area (Å²) in [5.74, 6) is 6.26. The standard InChI is InChI=1S/C14H22N2O2/c1-10-11(2)13(18-4)9-8-12(10)6-5-7-14(17)16(3)15/h8-9H,5-7,15H2,1-4H3. The summed E-state index contributed by atoms with van der Waals surface area (Å²) in [4.78, 5) is 11.4. The van der Waals surface area contributed by atoms with Crippen molar-refractivity contribution in [2.75, 3.05) is 14.2 Å². The Labute approximate surface area is 109 Å². The Kier molecular flexibility index (Phi) is 5.16. The van der Waals surface area contributed by atoms with Crippen LogP contribution in [0.4, 0.5) is 0 Å². The first-order chi connectivity index (χ1) is 8.47. The third kappa shape index (κ3) is 3.47. The van der Waals surface area contributed by atoms with Crippen LogP contribution in [0.15, 0.2) is 12.1 Å². The first-order valence-electron chi connectivity index (χ1n) is 6.11. The number of aryl methyl sites for hydroxylation is 1. The second-order valence-electron chi connectivity index (χ2n) is 4.54. The van der Waals surface area contributed by atoms with Crippen LogP contribution >= 0.6 is 0 Å². The lowest BCUT2D eigenvalue weighted by Crippen LogP contribution is -2.32. The van der Waals surface area contributed by atoms with Crippen molar-refractivity contribution in [3.63, 3.8) is 0 Å². The molecule has 0 unspecified atom stereocenters. The maximum absolute atomic E-state index is 11.4. The first-order valence-corrected chi connectivity index (χ1v) is 6.11. The molecule has 100 valence electrons. The maximum Gasteiger partial charge on any atom is 0.236 e. The topological polar surface area (TPSA) is 55.6 Å². The van der Waals surface area contributed by atoms with Crippen molar-refractivity contribution in [1.29, 1.82) is 0 Å². The minimum Gasteiger partial charge on any atom is -0.496 e. The Morgan fingerprint density at radius 3 is 2.56 bits per heavy atom. The van der Waals surface area contributed by atoms with Gasteiger partial charge in [-0.15, -0.1) is 0 Å². The molecule has 4 heteroatoms. The lowest BCUT2D eigenvalue weighted by atomic mass is 9.98. The first kappa shape index (κ1) is 14.5. The van der Waals surface area contributed by atoms with E-state index >= 15 is 0 Å². The molecule has 0 saturated heterocycles. The molecule has 0 aliphatic carbocycles. The van der Waals surface area contributed by atoms with Gasteiger partial charge in [0.15, 0.2) is 0 Å². The van der Waals surface area contributed by atoms with E-state index < -0.39 is 0 Å². The number of nitrogens with two attached hydrogens (primary N) is 1. The van der Waals surface area contributed by atoms with Crippen LogP contribution in [0.1, 0.15) is 29.5 Å². The van der Waals surface area contributed by atoms with Crippen LogP contribution in [0.5, 0.6) is 5.75 Å². The number of benzene rings is 1. The number of hydrogen-bond donors (Lipinski definition) is 1. The lowest BCUT2D eigenvalue weighted by Gasteiger charge is -2.13. The second kappa shape index (κ2) is 6.40. The number of carbonyl (C=O) groups is 1. The zero-order valence-electron chi connectivity index (χ0n) is 11.6. The highest BCUT2D eigenvalue weighted by atomic mass is 16.5. The van der Waals surface area contributed by atoms with Crippen molar-refractivity contribution in [2.45, 2.75) is 33.1 Å². The number of carbonyl (C=O) groups excluding carboxylic acids is 1. The molecular formula is C14H22N2O2. The molecule has 0 aliphatic rings. The summed E-state index contributed by atoms with van der Waals surface area (Å²) in [5, 5.41) is 1.14. The predicted molar refractivity (Wildman–Crippen MR) is 72.4 cm³/mol. The van der Waals surface area contributed by atoms with E-state index in [4.69, 9.17) is 10.6 Å². The molecule has 0 atom stereocenters. The number of nitrogens with zero attached hydrogens (tertiary/aromatic N) is 1. The molecular weight excluding hydrogens is 228 g/mol. The van der Waals surface area contributed by atoms with E-state index in [2.05, 4.69) is 19.9 Å². The molecule has 4 nitrogen and oxygen atoms in total. The lowest BCUT2D eigenvalue weighted by molar-refractivity contribution is -0.130. The van der Waals surface area contributed by atoms with E-state index in [0.717, 1.165) is 29.2 Å². The molecule has 0 spiro atoms. The van der Waals surface area contributed by atoms with Crippen LogP contribution in [0.3, 0.4) is 0 Å². The van der Waals surface area contributed by atoms with E-state index in [1.165, 1.54) is 11.1 Å². The Morgan fingerprint density at radius 2 is 2.00 bits per heavy atom. The predicted octanol–water partition coefficient (Wildman–Crippen LogP) is 1.97. The average molecular weight is 250 g/mol. The van der Waals surface area contributed by atoms with Gasteiger partial charge in [0, 0.05) is 13.5 Å². The summed E-state index contributed by atoms with van der Waals surface area (Å²) < 4.78 is 5.28. The fraction of sp³-hybridized carbons (Fsp3) is 0.500. The zero-order valence-corrected chi connectivity index (χ0v) is 11.6. The molecule has 1 aromatic rings. The monoisotopic (exact) mass is 250 g/mol. The third-order valence-corrected chi connectivity index (χ3v) is 3.30. The van der Waals surface area contributed by atoms with Crippen LogP contribution in [0.2, 0.25) is 0 Å². The molecule has 0 bridgehead atoms. The Bertz CT molecular complexity index is 428. The molecule has 1 rings (SSSR count). The summed E-state index contributed by atoms with van der Waals surface area (Å²) in [7, 11) is 3.25.